The zero-order valence-corrected chi connectivity index (χ0v) is 8.47. The molecular weight excluding hydrogens is 207 g/mol. The summed E-state index contributed by atoms with van der Waals surface area (Å²) in [6.07, 6.45) is 1.74. The van der Waals surface area contributed by atoms with E-state index in [-0.39, 0.29) is 10.8 Å². The molecule has 1 aromatic carbocycles. The maximum atomic E-state index is 13.2. The van der Waals surface area contributed by atoms with Gasteiger partial charge in [-0.3, -0.25) is 0 Å². The van der Waals surface area contributed by atoms with Crippen LogP contribution in [0.15, 0.2) is 12.1 Å². The maximum absolute atomic E-state index is 13.2. The summed E-state index contributed by atoms with van der Waals surface area (Å²) in [4.78, 5) is 10.1. The van der Waals surface area contributed by atoms with E-state index in [1.165, 1.54) is 13.2 Å². The van der Waals surface area contributed by atoms with Gasteiger partial charge in [0.1, 0.15) is 6.29 Å². The highest BCUT2D eigenvalue weighted by Crippen LogP contribution is 2.26. The molecule has 4 heteroatoms. The van der Waals surface area contributed by atoms with Gasteiger partial charge in [0.25, 0.3) is 0 Å². The summed E-state index contributed by atoms with van der Waals surface area (Å²) >= 11 is 5.63. The number of aldehydes is 1. The van der Waals surface area contributed by atoms with Gasteiger partial charge in [-0.25, -0.2) is 4.39 Å². The van der Waals surface area contributed by atoms with Crippen molar-refractivity contribution < 1.29 is 13.9 Å². The Morgan fingerprint density at radius 3 is 2.86 bits per heavy atom. The van der Waals surface area contributed by atoms with Crippen molar-refractivity contribution in [1.29, 1.82) is 0 Å². The van der Waals surface area contributed by atoms with Crippen molar-refractivity contribution in [3.8, 4) is 5.75 Å². The van der Waals surface area contributed by atoms with Crippen molar-refractivity contribution in [3.63, 3.8) is 0 Å². The molecule has 0 aliphatic heterocycles. The predicted molar refractivity (Wildman–Crippen MR) is 52.3 cm³/mol. The molecule has 0 atom stereocenters. The van der Waals surface area contributed by atoms with Crippen LogP contribution < -0.4 is 4.74 Å². The molecule has 0 radical (unpaired) electrons. The number of methoxy groups -OCH3 is 1. The highest BCUT2D eigenvalue weighted by atomic mass is 35.5. The molecule has 1 rings (SSSR count). The molecule has 1 aromatic rings. The van der Waals surface area contributed by atoms with Crippen molar-refractivity contribution >= 4 is 17.9 Å². The highest BCUT2D eigenvalue weighted by Gasteiger charge is 2.09. The Morgan fingerprint density at radius 1 is 1.57 bits per heavy atom. The van der Waals surface area contributed by atoms with Crippen LogP contribution in [0.4, 0.5) is 4.39 Å². The first-order valence-electron chi connectivity index (χ1n) is 4.14. The van der Waals surface area contributed by atoms with Gasteiger partial charge >= 0.3 is 0 Å². The first-order chi connectivity index (χ1) is 6.69. The zero-order valence-electron chi connectivity index (χ0n) is 7.72. The minimum absolute atomic E-state index is 0.0187. The lowest BCUT2D eigenvalue weighted by molar-refractivity contribution is -0.107. The van der Waals surface area contributed by atoms with Crippen LogP contribution in [0.3, 0.4) is 0 Å². The van der Waals surface area contributed by atoms with Crippen LogP contribution in [-0.2, 0) is 11.2 Å². The van der Waals surface area contributed by atoms with Crippen molar-refractivity contribution in [2.45, 2.75) is 12.8 Å². The molecule has 2 nitrogen and oxygen atoms in total. The van der Waals surface area contributed by atoms with Crippen LogP contribution in [0.2, 0.25) is 5.02 Å². The zero-order chi connectivity index (χ0) is 10.6. The number of carbonyl (C=O) groups is 1. The fourth-order valence-corrected chi connectivity index (χ4v) is 1.37. The summed E-state index contributed by atoms with van der Waals surface area (Å²) < 4.78 is 18.0. The predicted octanol–water partition coefficient (Wildman–Crippen LogP) is 2.62. The summed E-state index contributed by atoms with van der Waals surface area (Å²) in [5.41, 5.74) is 0.792. The number of hydrogen-bond acceptors (Lipinski definition) is 2. The van der Waals surface area contributed by atoms with Gasteiger partial charge in [-0.1, -0.05) is 11.6 Å². The van der Waals surface area contributed by atoms with E-state index in [4.69, 9.17) is 16.3 Å². The number of carbonyl (C=O) groups excluding carboxylic acids is 1. The normalized spacial score (nSPS) is 9.93. The minimum Gasteiger partial charge on any atom is -0.494 e. The van der Waals surface area contributed by atoms with E-state index >= 15 is 0 Å². The van der Waals surface area contributed by atoms with Crippen LogP contribution in [0.1, 0.15) is 12.0 Å². The second-order valence-electron chi connectivity index (χ2n) is 2.80. The van der Waals surface area contributed by atoms with Gasteiger partial charge in [0.05, 0.1) is 12.1 Å². The molecule has 0 saturated carbocycles. The van der Waals surface area contributed by atoms with Gasteiger partial charge in [-0.15, -0.1) is 0 Å². The number of hydrogen-bond donors (Lipinski definition) is 0. The first-order valence-corrected chi connectivity index (χ1v) is 4.52. The van der Waals surface area contributed by atoms with E-state index < -0.39 is 5.82 Å². The summed E-state index contributed by atoms with van der Waals surface area (Å²) in [5, 5.41) is 0.0187. The lowest BCUT2D eigenvalue weighted by atomic mass is 10.1. The molecule has 0 unspecified atom stereocenters. The fourth-order valence-electron chi connectivity index (χ4n) is 1.14. The second kappa shape index (κ2) is 4.96. The summed E-state index contributed by atoms with van der Waals surface area (Å²) in [6, 6.07) is 3.05. The van der Waals surface area contributed by atoms with E-state index in [2.05, 4.69) is 0 Å². The molecule has 0 aliphatic rings. The Bertz CT molecular complexity index is 339. The third-order valence-electron chi connectivity index (χ3n) is 1.83. The Morgan fingerprint density at radius 2 is 2.29 bits per heavy atom. The van der Waals surface area contributed by atoms with Crippen LogP contribution in [-0.4, -0.2) is 13.4 Å². The van der Waals surface area contributed by atoms with Crippen molar-refractivity contribution in [1.82, 2.24) is 0 Å². The van der Waals surface area contributed by atoms with Crippen molar-refractivity contribution in [2.24, 2.45) is 0 Å². The number of ether oxygens (including phenoxy) is 1. The number of aryl methyl sites for hydroxylation is 1. The standard InChI is InChI=1S/C10H10ClFO2/c1-14-9-6-7(3-2-4-13)5-8(11)10(9)12/h4-6H,2-3H2,1H3. The molecule has 0 aliphatic carbocycles. The lowest BCUT2D eigenvalue weighted by Gasteiger charge is -2.06. The van der Waals surface area contributed by atoms with Gasteiger partial charge in [-0.05, 0) is 24.1 Å². The first kappa shape index (κ1) is 11.0. The average molecular weight is 217 g/mol. The van der Waals surface area contributed by atoms with E-state index in [9.17, 15) is 9.18 Å². The molecular formula is C10H10ClFO2. The maximum Gasteiger partial charge on any atom is 0.183 e. The van der Waals surface area contributed by atoms with Crippen LogP contribution in [0.5, 0.6) is 5.75 Å². The van der Waals surface area contributed by atoms with Gasteiger partial charge in [0.15, 0.2) is 11.6 Å². The molecule has 76 valence electrons. The number of halogens is 2. The third kappa shape index (κ3) is 2.45. The summed E-state index contributed by atoms with van der Waals surface area (Å²) in [5.74, 6) is -0.456. The Hall–Kier alpha value is -1.09. The topological polar surface area (TPSA) is 26.3 Å². The summed E-state index contributed by atoms with van der Waals surface area (Å²) in [6.45, 7) is 0. The van der Waals surface area contributed by atoms with Gasteiger partial charge < -0.3 is 9.53 Å². The smallest absolute Gasteiger partial charge is 0.183 e. The monoisotopic (exact) mass is 216 g/mol. The molecule has 0 fully saturated rings. The van der Waals surface area contributed by atoms with Gasteiger partial charge in [0.2, 0.25) is 0 Å². The van der Waals surface area contributed by atoms with Gasteiger partial charge in [0, 0.05) is 6.42 Å². The van der Waals surface area contributed by atoms with Crippen LogP contribution in [0.25, 0.3) is 0 Å². The number of rotatable bonds is 4. The summed E-state index contributed by atoms with van der Waals surface area (Å²) in [7, 11) is 1.37. The molecule has 0 amide bonds. The minimum atomic E-state index is -0.566. The third-order valence-corrected chi connectivity index (χ3v) is 2.10. The average Bonchev–Trinajstić information content (AvgIpc) is 2.19. The van der Waals surface area contributed by atoms with E-state index in [1.54, 1.807) is 6.07 Å². The molecule has 0 heterocycles. The molecule has 0 N–H and O–H groups in total. The Balaban J connectivity index is 2.97. The van der Waals surface area contributed by atoms with Crippen LogP contribution >= 0.6 is 11.6 Å². The SMILES string of the molecule is COc1cc(CCC=O)cc(Cl)c1F. The molecule has 14 heavy (non-hydrogen) atoms. The molecule has 0 saturated heterocycles. The van der Waals surface area contributed by atoms with Crippen molar-refractivity contribution in [3.05, 3.63) is 28.5 Å². The number of benzene rings is 1. The Labute approximate surface area is 86.6 Å². The van der Waals surface area contributed by atoms with Gasteiger partial charge in [-0.2, -0.15) is 0 Å². The quantitative estimate of drug-likeness (QED) is 0.724. The molecule has 0 aromatic heterocycles. The molecule has 0 bridgehead atoms. The van der Waals surface area contributed by atoms with E-state index in [0.717, 1.165) is 11.8 Å². The molecule has 0 spiro atoms. The van der Waals surface area contributed by atoms with E-state index in [0.29, 0.717) is 12.8 Å². The Kier molecular flexibility index (Phi) is 3.89. The van der Waals surface area contributed by atoms with Crippen molar-refractivity contribution in [2.75, 3.05) is 7.11 Å². The lowest BCUT2D eigenvalue weighted by Crippen LogP contribution is -1.93. The van der Waals surface area contributed by atoms with E-state index in [1.807, 2.05) is 0 Å². The second-order valence-corrected chi connectivity index (χ2v) is 3.21. The largest absolute Gasteiger partial charge is 0.494 e. The highest BCUT2D eigenvalue weighted by molar-refractivity contribution is 6.31. The van der Waals surface area contributed by atoms with Crippen LogP contribution in [0, 0.1) is 5.82 Å². The fraction of sp³-hybridized carbons (Fsp3) is 0.300.